The molecule has 3 aromatic carbocycles. The van der Waals surface area contributed by atoms with Crippen LogP contribution >= 0.6 is 11.8 Å². The van der Waals surface area contributed by atoms with Gasteiger partial charge in [-0.15, -0.1) is 10.2 Å². The fourth-order valence-corrected chi connectivity index (χ4v) is 3.61. The van der Waals surface area contributed by atoms with Gasteiger partial charge >= 0.3 is 5.56 Å². The van der Waals surface area contributed by atoms with E-state index >= 15 is 0 Å². The van der Waals surface area contributed by atoms with E-state index in [1.54, 1.807) is 31.4 Å². The second-order valence-corrected chi connectivity index (χ2v) is 7.65. The molecule has 1 heterocycles. The Morgan fingerprint density at radius 2 is 1.56 bits per heavy atom. The molecule has 0 aliphatic carbocycles. The molecule has 0 bridgehead atoms. The van der Waals surface area contributed by atoms with Crippen LogP contribution in [-0.4, -0.2) is 22.0 Å². The molecule has 9 heteroatoms. The summed E-state index contributed by atoms with van der Waals surface area (Å²) in [6, 6.07) is 24.3. The van der Waals surface area contributed by atoms with Crippen LogP contribution in [0.15, 0.2) is 88.8 Å². The minimum absolute atomic E-state index is 0.0398. The SMILES string of the molecule is COc1ccc(CSc2nnc(Nc3ccc(Oc4ccccc4)cc3)c(=O)n2N)cc1. The number of methoxy groups -OCH3 is 1. The summed E-state index contributed by atoms with van der Waals surface area (Å²) in [5.74, 6) is 8.79. The zero-order valence-corrected chi connectivity index (χ0v) is 18.1. The molecule has 4 aromatic rings. The van der Waals surface area contributed by atoms with Crippen molar-refractivity contribution in [3.05, 3.63) is 94.8 Å². The maximum Gasteiger partial charge on any atom is 0.315 e. The molecule has 0 amide bonds. The fraction of sp³-hybridized carbons (Fsp3) is 0.0870. The van der Waals surface area contributed by atoms with Gasteiger partial charge in [0.1, 0.15) is 17.2 Å². The lowest BCUT2D eigenvalue weighted by Gasteiger charge is -2.10. The smallest absolute Gasteiger partial charge is 0.315 e. The van der Waals surface area contributed by atoms with Gasteiger partial charge in [0.2, 0.25) is 11.0 Å². The molecule has 1 aromatic heterocycles. The first-order valence-electron chi connectivity index (χ1n) is 9.73. The molecule has 0 spiro atoms. The van der Waals surface area contributed by atoms with E-state index in [9.17, 15) is 4.79 Å². The normalized spacial score (nSPS) is 10.5. The van der Waals surface area contributed by atoms with E-state index in [4.69, 9.17) is 15.3 Å². The van der Waals surface area contributed by atoms with Gasteiger partial charge in [0.15, 0.2) is 0 Å². The molecule has 0 aliphatic rings. The van der Waals surface area contributed by atoms with E-state index in [1.807, 2.05) is 54.6 Å². The highest BCUT2D eigenvalue weighted by atomic mass is 32.2. The number of hydrogen-bond donors (Lipinski definition) is 2. The van der Waals surface area contributed by atoms with Crippen LogP contribution in [0.1, 0.15) is 5.56 Å². The summed E-state index contributed by atoms with van der Waals surface area (Å²) < 4.78 is 11.9. The maximum absolute atomic E-state index is 12.6. The summed E-state index contributed by atoms with van der Waals surface area (Å²) >= 11 is 1.32. The number of nitrogens with zero attached hydrogens (tertiary/aromatic N) is 3. The zero-order chi connectivity index (χ0) is 22.3. The predicted molar refractivity (Wildman–Crippen MR) is 125 cm³/mol. The second-order valence-electron chi connectivity index (χ2n) is 6.71. The minimum Gasteiger partial charge on any atom is -0.497 e. The maximum atomic E-state index is 12.6. The van der Waals surface area contributed by atoms with Gasteiger partial charge < -0.3 is 20.6 Å². The summed E-state index contributed by atoms with van der Waals surface area (Å²) in [4.78, 5) is 12.6. The molecule has 0 saturated heterocycles. The molecule has 4 rings (SSSR count). The van der Waals surface area contributed by atoms with E-state index < -0.39 is 5.56 Å². The average molecular weight is 448 g/mol. The van der Waals surface area contributed by atoms with Gasteiger partial charge in [-0.05, 0) is 54.1 Å². The Morgan fingerprint density at radius 1 is 0.906 bits per heavy atom. The molecule has 0 aliphatic heterocycles. The molecule has 3 N–H and O–H groups in total. The first kappa shape index (κ1) is 21.3. The number of para-hydroxylation sites is 1. The Balaban J connectivity index is 1.41. The molecule has 8 nitrogen and oxygen atoms in total. The van der Waals surface area contributed by atoms with Crippen molar-refractivity contribution in [2.75, 3.05) is 18.3 Å². The number of nitrogens with one attached hydrogen (secondary N) is 1. The van der Waals surface area contributed by atoms with Crippen LogP contribution in [0, 0.1) is 0 Å². The van der Waals surface area contributed by atoms with Crippen molar-refractivity contribution in [3.63, 3.8) is 0 Å². The average Bonchev–Trinajstić information content (AvgIpc) is 2.84. The molecule has 0 atom stereocenters. The van der Waals surface area contributed by atoms with E-state index in [2.05, 4.69) is 15.5 Å². The zero-order valence-electron chi connectivity index (χ0n) is 17.3. The summed E-state index contributed by atoms with van der Waals surface area (Å²) in [7, 11) is 1.62. The summed E-state index contributed by atoms with van der Waals surface area (Å²) in [5, 5.41) is 11.4. The summed E-state index contributed by atoms with van der Waals surface area (Å²) in [6.45, 7) is 0. The van der Waals surface area contributed by atoms with Gasteiger partial charge in [-0.1, -0.05) is 42.1 Å². The number of aromatic nitrogens is 3. The third kappa shape index (κ3) is 5.19. The third-order valence-electron chi connectivity index (χ3n) is 4.49. The van der Waals surface area contributed by atoms with E-state index in [0.29, 0.717) is 22.3 Å². The Bertz CT molecular complexity index is 1230. The number of benzene rings is 3. The third-order valence-corrected chi connectivity index (χ3v) is 5.50. The van der Waals surface area contributed by atoms with E-state index in [-0.39, 0.29) is 5.82 Å². The lowest BCUT2D eigenvalue weighted by atomic mass is 10.2. The number of thioether (sulfide) groups is 1. The van der Waals surface area contributed by atoms with Crippen LogP contribution in [0.3, 0.4) is 0 Å². The van der Waals surface area contributed by atoms with Gasteiger partial charge in [-0.25, -0.2) is 0 Å². The van der Waals surface area contributed by atoms with E-state index in [1.165, 1.54) is 11.8 Å². The molecule has 0 fully saturated rings. The number of hydrogen-bond acceptors (Lipinski definition) is 8. The van der Waals surface area contributed by atoms with Gasteiger partial charge in [-0.3, -0.25) is 4.79 Å². The topological polar surface area (TPSA) is 104 Å². The molecule has 162 valence electrons. The van der Waals surface area contributed by atoms with Gasteiger partial charge in [-0.2, -0.15) is 4.68 Å². The Labute approximate surface area is 189 Å². The molecule has 0 radical (unpaired) electrons. The first-order valence-corrected chi connectivity index (χ1v) is 10.7. The Morgan fingerprint density at radius 3 is 2.25 bits per heavy atom. The van der Waals surface area contributed by atoms with Crippen LogP contribution in [0.5, 0.6) is 17.2 Å². The van der Waals surface area contributed by atoms with Crippen LogP contribution in [-0.2, 0) is 5.75 Å². The van der Waals surface area contributed by atoms with Crippen molar-refractivity contribution >= 4 is 23.3 Å². The monoisotopic (exact) mass is 447 g/mol. The van der Waals surface area contributed by atoms with Crippen molar-refractivity contribution in [1.82, 2.24) is 14.9 Å². The molecule has 32 heavy (non-hydrogen) atoms. The van der Waals surface area contributed by atoms with Gasteiger partial charge in [0, 0.05) is 11.4 Å². The van der Waals surface area contributed by atoms with Gasteiger partial charge in [0.05, 0.1) is 7.11 Å². The molecular weight excluding hydrogens is 426 g/mol. The van der Waals surface area contributed by atoms with Crippen molar-refractivity contribution in [3.8, 4) is 17.2 Å². The molecular formula is C23H21N5O3S. The standard InChI is InChI=1S/C23H21N5O3S/c1-30-18-11-7-16(8-12-18)15-32-23-27-26-21(22(29)28(23)24)25-17-9-13-20(14-10-17)31-19-5-3-2-4-6-19/h2-14H,15,24H2,1H3,(H,25,26). The lowest BCUT2D eigenvalue weighted by Crippen LogP contribution is -2.32. The van der Waals surface area contributed by atoms with Crippen molar-refractivity contribution < 1.29 is 9.47 Å². The van der Waals surface area contributed by atoms with Crippen LogP contribution in [0.2, 0.25) is 0 Å². The Kier molecular flexibility index (Phi) is 6.57. The molecule has 0 saturated carbocycles. The number of rotatable bonds is 8. The van der Waals surface area contributed by atoms with Crippen molar-refractivity contribution in [1.29, 1.82) is 0 Å². The number of ether oxygens (including phenoxy) is 2. The number of anilines is 2. The highest BCUT2D eigenvalue weighted by Gasteiger charge is 2.11. The minimum atomic E-state index is -0.471. The summed E-state index contributed by atoms with van der Waals surface area (Å²) in [5.41, 5.74) is 1.24. The second kappa shape index (κ2) is 9.88. The number of nitrogen functional groups attached to an aromatic ring is 1. The van der Waals surface area contributed by atoms with E-state index in [0.717, 1.165) is 21.7 Å². The Hall–Kier alpha value is -3.98. The molecule has 0 unspecified atom stereocenters. The lowest BCUT2D eigenvalue weighted by molar-refractivity contribution is 0.414. The largest absolute Gasteiger partial charge is 0.497 e. The number of nitrogens with two attached hydrogens (primary N) is 1. The summed E-state index contributed by atoms with van der Waals surface area (Å²) in [6.07, 6.45) is 0. The van der Waals surface area contributed by atoms with Crippen LogP contribution in [0.25, 0.3) is 0 Å². The first-order chi connectivity index (χ1) is 15.6. The highest BCUT2D eigenvalue weighted by molar-refractivity contribution is 7.98. The predicted octanol–water partition coefficient (Wildman–Crippen LogP) is 4.19. The van der Waals surface area contributed by atoms with Gasteiger partial charge in [0.25, 0.3) is 0 Å². The van der Waals surface area contributed by atoms with Crippen LogP contribution in [0.4, 0.5) is 11.5 Å². The van der Waals surface area contributed by atoms with Crippen molar-refractivity contribution in [2.45, 2.75) is 10.9 Å². The van der Waals surface area contributed by atoms with Crippen molar-refractivity contribution in [2.24, 2.45) is 0 Å². The highest BCUT2D eigenvalue weighted by Crippen LogP contribution is 2.24. The quantitative estimate of drug-likeness (QED) is 0.306. The fourth-order valence-electron chi connectivity index (χ4n) is 2.80. The van der Waals surface area contributed by atoms with Crippen LogP contribution < -0.4 is 26.2 Å².